The number of carbonyl (C=O) groups is 4. The van der Waals surface area contributed by atoms with Crippen LogP contribution in [-0.2, 0) is 14.3 Å². The molecule has 1 aromatic carbocycles. The number of hydrogen-bond donors (Lipinski definition) is 0. The number of hydrogen-bond acceptors (Lipinski definition) is 9. The lowest BCUT2D eigenvalue weighted by Crippen LogP contribution is -2.58. The van der Waals surface area contributed by atoms with Crippen molar-refractivity contribution in [1.29, 1.82) is 0 Å². The fourth-order valence-electron chi connectivity index (χ4n) is 5.35. The molecule has 4 heterocycles. The van der Waals surface area contributed by atoms with E-state index >= 15 is 4.39 Å². The van der Waals surface area contributed by atoms with E-state index in [2.05, 4.69) is 4.98 Å². The van der Waals surface area contributed by atoms with Crippen LogP contribution in [0, 0.1) is 5.82 Å². The van der Waals surface area contributed by atoms with Gasteiger partial charge in [-0.2, -0.15) is 0 Å². The van der Waals surface area contributed by atoms with Crippen molar-refractivity contribution in [3.05, 3.63) is 34.6 Å². The molecule has 0 spiro atoms. The lowest BCUT2D eigenvalue weighted by molar-refractivity contribution is -0.117. The van der Waals surface area contributed by atoms with Crippen LogP contribution in [0.1, 0.15) is 64.7 Å². The second kappa shape index (κ2) is 12.0. The summed E-state index contributed by atoms with van der Waals surface area (Å²) in [6.07, 6.45) is -0.841. The van der Waals surface area contributed by atoms with Gasteiger partial charge in [0, 0.05) is 32.6 Å². The van der Waals surface area contributed by atoms with Gasteiger partial charge in [0.15, 0.2) is 11.6 Å². The minimum Gasteiger partial charge on any atom is -0.489 e. The van der Waals surface area contributed by atoms with E-state index in [1.807, 2.05) is 0 Å². The van der Waals surface area contributed by atoms with Crippen LogP contribution < -0.4 is 14.4 Å². The molecule has 1 atom stereocenters. The van der Waals surface area contributed by atoms with Crippen LogP contribution in [0.3, 0.4) is 0 Å². The summed E-state index contributed by atoms with van der Waals surface area (Å²) in [5.41, 5.74) is -2.10. The maximum Gasteiger partial charge on any atom is 0.514 e. The highest BCUT2D eigenvalue weighted by Gasteiger charge is 2.43. The molecule has 3 amide bonds. The van der Waals surface area contributed by atoms with Gasteiger partial charge < -0.3 is 28.7 Å². The quantitative estimate of drug-likeness (QED) is 0.316. The molecule has 0 N–H and O–H groups in total. The van der Waals surface area contributed by atoms with E-state index in [1.54, 1.807) is 46.4 Å². The fraction of sp³-hybridized carbons (Fsp3) is 0.516. The van der Waals surface area contributed by atoms with E-state index in [-0.39, 0.29) is 84.3 Å². The SMILES string of the molecule is CC(C)(C)OC(=O)Oc1cccc(F)c1-c1nc(N2CCCC2=O)c2c(c1Cl)OC[C@H]1CN(C(=O)OC(C)(C)C)CCN1C2=O. The highest BCUT2D eigenvalue weighted by Crippen LogP contribution is 2.46. The minimum absolute atomic E-state index is 0.0430. The number of halogens is 2. The third-order valence-corrected chi connectivity index (χ3v) is 7.58. The van der Waals surface area contributed by atoms with Gasteiger partial charge in [-0.3, -0.25) is 14.5 Å². The van der Waals surface area contributed by atoms with Crippen LogP contribution in [0.4, 0.5) is 19.8 Å². The van der Waals surface area contributed by atoms with E-state index < -0.39 is 41.2 Å². The first kappa shape index (κ1) is 32.3. The van der Waals surface area contributed by atoms with Crippen molar-refractivity contribution in [3.8, 4) is 22.8 Å². The van der Waals surface area contributed by atoms with Gasteiger partial charge in [-0.15, -0.1) is 0 Å². The number of aromatic nitrogens is 1. The summed E-state index contributed by atoms with van der Waals surface area (Å²) in [6, 6.07) is 3.26. The Hall–Kier alpha value is -4.13. The van der Waals surface area contributed by atoms with Crippen LogP contribution in [0.25, 0.3) is 11.3 Å². The van der Waals surface area contributed by atoms with Crippen molar-refractivity contribution in [2.24, 2.45) is 0 Å². The Morgan fingerprint density at radius 2 is 1.73 bits per heavy atom. The van der Waals surface area contributed by atoms with E-state index in [4.69, 9.17) is 30.5 Å². The summed E-state index contributed by atoms with van der Waals surface area (Å²) < 4.78 is 37.9. The molecule has 2 aromatic rings. The number of pyridine rings is 1. The topological polar surface area (TPSA) is 128 Å². The summed E-state index contributed by atoms with van der Waals surface area (Å²) in [5.74, 6) is -1.97. The zero-order chi connectivity index (χ0) is 32.8. The maximum atomic E-state index is 15.6. The average Bonchev–Trinajstić information content (AvgIpc) is 3.29. The number of fused-ring (bicyclic) bond motifs is 2. The second-order valence-electron chi connectivity index (χ2n) is 13.0. The predicted molar refractivity (Wildman–Crippen MR) is 161 cm³/mol. The molecule has 2 fully saturated rings. The summed E-state index contributed by atoms with van der Waals surface area (Å²) in [7, 11) is 0. The molecule has 3 aliphatic rings. The second-order valence-corrected chi connectivity index (χ2v) is 13.4. The van der Waals surface area contributed by atoms with Crippen molar-refractivity contribution in [2.45, 2.75) is 71.6 Å². The molecule has 0 aliphatic carbocycles. The van der Waals surface area contributed by atoms with Gasteiger partial charge in [-0.25, -0.2) is 19.0 Å². The van der Waals surface area contributed by atoms with Gasteiger partial charge >= 0.3 is 12.2 Å². The number of rotatable bonds is 3. The average molecular weight is 647 g/mol. The largest absolute Gasteiger partial charge is 0.514 e. The van der Waals surface area contributed by atoms with Gasteiger partial charge in [-0.05, 0) is 60.1 Å². The molecule has 0 unspecified atom stereocenters. The third kappa shape index (κ3) is 6.77. The van der Waals surface area contributed by atoms with Crippen molar-refractivity contribution >= 4 is 41.5 Å². The maximum absolute atomic E-state index is 15.6. The number of benzene rings is 1. The van der Waals surface area contributed by atoms with Crippen LogP contribution in [0.15, 0.2) is 18.2 Å². The Labute approximate surface area is 265 Å². The summed E-state index contributed by atoms with van der Waals surface area (Å²) in [5, 5.41) is -0.211. The van der Waals surface area contributed by atoms with Crippen molar-refractivity contribution < 1.29 is 42.5 Å². The number of ether oxygens (including phenoxy) is 4. The van der Waals surface area contributed by atoms with Gasteiger partial charge in [0.25, 0.3) is 5.91 Å². The van der Waals surface area contributed by atoms with Gasteiger partial charge in [0.2, 0.25) is 5.91 Å². The normalized spacial score (nSPS) is 18.6. The van der Waals surface area contributed by atoms with Crippen LogP contribution in [0.2, 0.25) is 5.02 Å². The molecule has 0 saturated carbocycles. The summed E-state index contributed by atoms with van der Waals surface area (Å²) in [6.45, 7) is 11.0. The molecule has 1 aromatic heterocycles. The molecule has 12 nitrogen and oxygen atoms in total. The number of carbonyl (C=O) groups excluding carboxylic acids is 4. The Morgan fingerprint density at radius 1 is 1.02 bits per heavy atom. The number of nitrogens with zero attached hydrogens (tertiary/aromatic N) is 4. The van der Waals surface area contributed by atoms with Gasteiger partial charge in [-0.1, -0.05) is 17.7 Å². The van der Waals surface area contributed by atoms with Gasteiger partial charge in [0.05, 0.1) is 11.6 Å². The van der Waals surface area contributed by atoms with E-state index in [0.29, 0.717) is 6.42 Å². The number of piperazine rings is 1. The third-order valence-electron chi connectivity index (χ3n) is 7.23. The predicted octanol–water partition coefficient (Wildman–Crippen LogP) is 5.44. The molecule has 0 radical (unpaired) electrons. The Bertz CT molecular complexity index is 1550. The van der Waals surface area contributed by atoms with Crippen LogP contribution in [-0.4, -0.2) is 88.9 Å². The fourth-order valence-corrected chi connectivity index (χ4v) is 5.64. The molecule has 0 bridgehead atoms. The monoisotopic (exact) mass is 646 g/mol. The first-order chi connectivity index (χ1) is 21.0. The Morgan fingerprint density at radius 3 is 2.38 bits per heavy atom. The van der Waals surface area contributed by atoms with E-state index in [1.165, 1.54) is 21.9 Å². The van der Waals surface area contributed by atoms with Crippen molar-refractivity contribution in [1.82, 2.24) is 14.8 Å². The lowest BCUT2D eigenvalue weighted by Gasteiger charge is -2.40. The minimum atomic E-state index is -1.08. The summed E-state index contributed by atoms with van der Waals surface area (Å²) in [4.78, 5) is 61.6. The van der Waals surface area contributed by atoms with Crippen molar-refractivity contribution in [3.63, 3.8) is 0 Å². The van der Waals surface area contributed by atoms with Crippen LogP contribution >= 0.6 is 11.6 Å². The molecule has 3 aliphatic heterocycles. The molecular formula is C31H36ClFN4O8. The smallest absolute Gasteiger partial charge is 0.489 e. The summed E-state index contributed by atoms with van der Waals surface area (Å²) >= 11 is 6.87. The number of anilines is 1. The number of amides is 3. The molecule has 242 valence electrons. The van der Waals surface area contributed by atoms with Crippen LogP contribution in [0.5, 0.6) is 11.5 Å². The van der Waals surface area contributed by atoms with E-state index in [9.17, 15) is 19.2 Å². The highest BCUT2D eigenvalue weighted by molar-refractivity contribution is 6.35. The van der Waals surface area contributed by atoms with Gasteiger partial charge in [0.1, 0.15) is 45.7 Å². The zero-order valence-corrected chi connectivity index (χ0v) is 26.8. The molecule has 14 heteroatoms. The first-order valence-corrected chi connectivity index (χ1v) is 15.1. The van der Waals surface area contributed by atoms with E-state index in [0.717, 1.165) is 6.07 Å². The zero-order valence-electron chi connectivity index (χ0n) is 26.1. The Kier molecular flexibility index (Phi) is 8.60. The molecule has 45 heavy (non-hydrogen) atoms. The van der Waals surface area contributed by atoms with Crippen molar-refractivity contribution in [2.75, 3.05) is 37.7 Å². The first-order valence-electron chi connectivity index (χ1n) is 14.7. The Balaban J connectivity index is 1.59. The molecule has 5 rings (SSSR count). The lowest BCUT2D eigenvalue weighted by atomic mass is 10.1. The molecule has 2 saturated heterocycles. The highest BCUT2D eigenvalue weighted by atomic mass is 35.5. The molecular weight excluding hydrogens is 611 g/mol. The standard InChI is InChI=1S/C31H36ClFN4O8/c1-30(2,3)44-28(40)35-13-14-36-17(15-35)16-42-25-22(27(36)39)26(37-12-8-11-20(37)38)34-24(23(25)32)21-18(33)9-7-10-19(21)43-29(41)45-31(4,5)6/h7,9-10,17H,8,11-16H2,1-6H3/t17-/m1/s1.